The molecule has 2 aliphatic heterocycles. The van der Waals surface area contributed by atoms with E-state index in [-0.39, 0.29) is 0 Å². The van der Waals surface area contributed by atoms with Crippen LogP contribution in [0.4, 0.5) is 0 Å². The fourth-order valence-electron chi connectivity index (χ4n) is 1.57. The highest BCUT2D eigenvalue weighted by molar-refractivity contribution is 8.08. The molecular formula is C12H14S4. The summed E-state index contributed by atoms with van der Waals surface area (Å²) in [7, 11) is 0. The largest absolute Gasteiger partial charge is 0.160 e. The van der Waals surface area contributed by atoms with E-state index in [1.54, 1.807) is 0 Å². The summed E-state index contributed by atoms with van der Waals surface area (Å²) in [6.07, 6.45) is 0. The van der Waals surface area contributed by atoms with Crippen molar-refractivity contribution in [3.8, 4) is 0 Å². The van der Waals surface area contributed by atoms with Crippen molar-refractivity contribution in [1.82, 2.24) is 0 Å². The maximum Gasteiger partial charge on any atom is 0.0276 e. The first-order valence-electron chi connectivity index (χ1n) is 5.49. The van der Waals surface area contributed by atoms with Crippen LogP contribution >= 0.6 is 47.0 Å². The number of rotatable bonds is 4. The van der Waals surface area contributed by atoms with Crippen molar-refractivity contribution in [3.63, 3.8) is 0 Å². The van der Waals surface area contributed by atoms with E-state index in [9.17, 15) is 0 Å². The molecule has 3 rings (SSSR count). The second-order valence-corrected chi connectivity index (χ2v) is 8.93. The Balaban J connectivity index is 1.61. The lowest BCUT2D eigenvalue weighted by Gasteiger charge is -2.25. The summed E-state index contributed by atoms with van der Waals surface area (Å²) in [5, 5.41) is 1.73. The van der Waals surface area contributed by atoms with E-state index in [0.717, 1.165) is 10.5 Å². The van der Waals surface area contributed by atoms with Crippen LogP contribution in [0.25, 0.3) is 0 Å². The molecule has 0 saturated carbocycles. The van der Waals surface area contributed by atoms with Crippen LogP contribution in [0.2, 0.25) is 0 Å². The lowest BCUT2D eigenvalue weighted by atomic mass is 10.4. The van der Waals surface area contributed by atoms with Crippen LogP contribution < -0.4 is 0 Å². The number of hydrogen-bond acceptors (Lipinski definition) is 4. The molecule has 4 heteroatoms. The van der Waals surface area contributed by atoms with E-state index < -0.39 is 0 Å². The minimum atomic E-state index is 0.865. The SMILES string of the molecule is c1cc(SC2CSC2)cc(SC2CSC2)c1. The minimum absolute atomic E-state index is 0.865. The van der Waals surface area contributed by atoms with Gasteiger partial charge in [0.15, 0.2) is 0 Å². The summed E-state index contributed by atoms with van der Waals surface area (Å²) in [6.45, 7) is 0. The van der Waals surface area contributed by atoms with Gasteiger partial charge in [0.2, 0.25) is 0 Å². The Bertz CT molecular complexity index is 327. The van der Waals surface area contributed by atoms with Gasteiger partial charge < -0.3 is 0 Å². The van der Waals surface area contributed by atoms with Crippen LogP contribution in [0.3, 0.4) is 0 Å². The van der Waals surface area contributed by atoms with Crippen LogP contribution in [-0.2, 0) is 0 Å². The van der Waals surface area contributed by atoms with Crippen LogP contribution in [0.1, 0.15) is 0 Å². The van der Waals surface area contributed by atoms with Crippen molar-refractivity contribution in [3.05, 3.63) is 24.3 Å². The summed E-state index contributed by atoms with van der Waals surface area (Å²) in [4.78, 5) is 2.92. The van der Waals surface area contributed by atoms with Gasteiger partial charge in [-0.3, -0.25) is 0 Å². The third kappa shape index (κ3) is 2.89. The van der Waals surface area contributed by atoms with Crippen LogP contribution in [-0.4, -0.2) is 33.5 Å². The molecule has 0 nitrogen and oxygen atoms in total. The van der Waals surface area contributed by atoms with Crippen molar-refractivity contribution in [2.45, 2.75) is 20.3 Å². The van der Waals surface area contributed by atoms with Gasteiger partial charge in [0.1, 0.15) is 0 Å². The van der Waals surface area contributed by atoms with E-state index in [2.05, 4.69) is 71.3 Å². The Morgan fingerprint density at radius 1 is 0.875 bits per heavy atom. The Morgan fingerprint density at radius 3 is 1.75 bits per heavy atom. The Kier molecular flexibility index (Phi) is 4.03. The molecule has 16 heavy (non-hydrogen) atoms. The second-order valence-electron chi connectivity index (χ2n) is 4.03. The zero-order valence-corrected chi connectivity index (χ0v) is 12.2. The lowest BCUT2D eigenvalue weighted by Crippen LogP contribution is -2.20. The van der Waals surface area contributed by atoms with Crippen molar-refractivity contribution >= 4 is 47.0 Å². The van der Waals surface area contributed by atoms with Gasteiger partial charge in [-0.1, -0.05) is 6.07 Å². The molecule has 2 heterocycles. The summed E-state index contributed by atoms with van der Waals surface area (Å²) in [6, 6.07) is 9.10. The van der Waals surface area contributed by atoms with Gasteiger partial charge in [-0.2, -0.15) is 23.5 Å². The van der Waals surface area contributed by atoms with E-state index in [0.29, 0.717) is 0 Å². The first-order chi connectivity index (χ1) is 7.90. The molecule has 2 saturated heterocycles. The Hall–Kier alpha value is 0.620. The topological polar surface area (TPSA) is 0 Å². The molecule has 1 aromatic carbocycles. The molecule has 0 N–H and O–H groups in total. The van der Waals surface area contributed by atoms with E-state index in [1.165, 1.54) is 32.8 Å². The van der Waals surface area contributed by atoms with Gasteiger partial charge >= 0.3 is 0 Å². The summed E-state index contributed by atoms with van der Waals surface area (Å²) < 4.78 is 0. The minimum Gasteiger partial charge on any atom is -0.160 e. The van der Waals surface area contributed by atoms with Gasteiger partial charge in [-0.25, -0.2) is 0 Å². The van der Waals surface area contributed by atoms with Crippen LogP contribution in [0.5, 0.6) is 0 Å². The monoisotopic (exact) mass is 286 g/mol. The van der Waals surface area contributed by atoms with Crippen molar-refractivity contribution in [2.75, 3.05) is 23.0 Å². The van der Waals surface area contributed by atoms with Gasteiger partial charge in [0.25, 0.3) is 0 Å². The fourth-order valence-corrected chi connectivity index (χ4v) is 6.22. The molecule has 0 spiro atoms. The predicted octanol–water partition coefficient (Wildman–Crippen LogP) is 4.10. The third-order valence-electron chi connectivity index (χ3n) is 2.63. The first kappa shape index (κ1) is 11.7. The van der Waals surface area contributed by atoms with Crippen LogP contribution in [0.15, 0.2) is 34.1 Å². The smallest absolute Gasteiger partial charge is 0.0276 e. The van der Waals surface area contributed by atoms with E-state index in [4.69, 9.17) is 0 Å². The highest BCUT2D eigenvalue weighted by Crippen LogP contribution is 2.38. The maximum atomic E-state index is 2.38. The van der Waals surface area contributed by atoms with E-state index >= 15 is 0 Å². The molecular weight excluding hydrogens is 272 g/mol. The molecule has 0 atom stereocenters. The lowest BCUT2D eigenvalue weighted by molar-refractivity contribution is 1.07. The Labute approximate surface area is 114 Å². The first-order valence-corrected chi connectivity index (χ1v) is 9.56. The predicted molar refractivity (Wildman–Crippen MR) is 80.4 cm³/mol. The van der Waals surface area contributed by atoms with Gasteiger partial charge in [-0.15, -0.1) is 23.5 Å². The zero-order chi connectivity index (χ0) is 10.8. The normalized spacial score (nSPS) is 21.5. The molecule has 1 aromatic rings. The zero-order valence-electron chi connectivity index (χ0n) is 8.93. The van der Waals surface area contributed by atoms with Crippen LogP contribution in [0, 0.1) is 0 Å². The highest BCUT2D eigenvalue weighted by Gasteiger charge is 2.21. The van der Waals surface area contributed by atoms with Gasteiger partial charge in [0, 0.05) is 43.3 Å². The summed E-state index contributed by atoms with van der Waals surface area (Å²) in [5.74, 6) is 5.34. The molecule has 2 fully saturated rings. The molecule has 0 amide bonds. The molecule has 0 aromatic heterocycles. The van der Waals surface area contributed by atoms with E-state index in [1.807, 2.05) is 0 Å². The molecule has 0 aliphatic carbocycles. The highest BCUT2D eigenvalue weighted by atomic mass is 32.2. The Morgan fingerprint density at radius 2 is 1.38 bits per heavy atom. The fraction of sp³-hybridized carbons (Fsp3) is 0.500. The average molecular weight is 287 g/mol. The average Bonchev–Trinajstić information content (AvgIpc) is 2.18. The number of thioether (sulfide) groups is 4. The summed E-state index contributed by atoms with van der Waals surface area (Å²) in [5.41, 5.74) is 0. The van der Waals surface area contributed by atoms with Crippen molar-refractivity contribution in [2.24, 2.45) is 0 Å². The van der Waals surface area contributed by atoms with Crippen molar-refractivity contribution < 1.29 is 0 Å². The number of hydrogen-bond donors (Lipinski definition) is 0. The second kappa shape index (κ2) is 5.51. The molecule has 0 radical (unpaired) electrons. The maximum absolute atomic E-state index is 2.38. The third-order valence-corrected chi connectivity index (χ3v) is 8.41. The molecule has 0 bridgehead atoms. The standard InChI is InChI=1S/C12H14S4/c1-2-9(15-11-5-13-6-11)4-10(3-1)16-12-7-14-8-12/h1-4,11-12H,5-8H2. The molecule has 86 valence electrons. The van der Waals surface area contributed by atoms with Crippen molar-refractivity contribution in [1.29, 1.82) is 0 Å². The molecule has 2 aliphatic rings. The van der Waals surface area contributed by atoms with Gasteiger partial charge in [-0.05, 0) is 18.2 Å². The number of benzene rings is 1. The summed E-state index contributed by atoms with van der Waals surface area (Å²) >= 11 is 8.24. The molecule has 0 unspecified atom stereocenters. The van der Waals surface area contributed by atoms with Gasteiger partial charge in [0.05, 0.1) is 0 Å². The quantitative estimate of drug-likeness (QED) is 0.817.